The zero-order valence-corrected chi connectivity index (χ0v) is 6.67. The van der Waals surface area contributed by atoms with Crippen LogP contribution in [0.3, 0.4) is 0 Å². The Balaban J connectivity index is 3.79. The Morgan fingerprint density at radius 2 is 1.43 bits per heavy atom. The van der Waals surface area contributed by atoms with Gasteiger partial charge in [0, 0.05) is 0 Å². The van der Waals surface area contributed by atoms with Crippen molar-refractivity contribution in [2.75, 3.05) is 0 Å². The van der Waals surface area contributed by atoms with Crippen LogP contribution in [-0.2, 0) is 10.0 Å². The second-order valence-corrected chi connectivity index (χ2v) is 5.52. The van der Waals surface area contributed by atoms with Crippen LogP contribution in [-0.4, -0.2) is 7.33 Å². The molecule has 1 atom stereocenters. The number of alkyl halides is 3. The van der Waals surface area contributed by atoms with Crippen LogP contribution in [0.25, 0.3) is 0 Å². The average molecular weight is 202 g/mol. The predicted molar refractivity (Wildman–Crippen MR) is 34.3 cm³/mol. The van der Waals surface area contributed by atoms with E-state index in [0.717, 1.165) is 0 Å². The van der Waals surface area contributed by atoms with E-state index in [1.54, 1.807) is 0 Å². The van der Waals surface area contributed by atoms with Crippen molar-refractivity contribution in [1.82, 2.24) is 0 Å². The van der Waals surface area contributed by atoms with Crippen LogP contribution in [0.4, 0.5) is 0 Å². The van der Waals surface area contributed by atoms with Gasteiger partial charge in [-0.3, -0.25) is 0 Å². The van der Waals surface area contributed by atoms with Crippen molar-refractivity contribution in [3.05, 3.63) is 0 Å². The molecule has 0 heterocycles. The molecule has 0 bridgehead atoms. The zero-order chi connectivity index (χ0) is 6.08. The molecule has 7 heavy (non-hydrogen) atoms. The first-order valence-corrected chi connectivity index (χ1v) is 4.20. The van der Waals surface area contributed by atoms with Gasteiger partial charge in [0.15, 0.2) is 10.0 Å². The van der Waals surface area contributed by atoms with E-state index in [1.165, 1.54) is 0 Å². The largest absolute Gasteiger partial charge is 0.280 e. The molecule has 0 spiro atoms. The van der Waals surface area contributed by atoms with E-state index in [0.29, 0.717) is 0 Å². The van der Waals surface area contributed by atoms with Crippen molar-refractivity contribution in [3.63, 3.8) is 0 Å². The van der Waals surface area contributed by atoms with E-state index >= 15 is 0 Å². The molecule has 0 aromatic rings. The van der Waals surface area contributed by atoms with Crippen LogP contribution >= 0.6 is 45.5 Å². The summed E-state index contributed by atoms with van der Waals surface area (Å²) in [5.74, 6) is 0. The highest BCUT2D eigenvalue weighted by Crippen LogP contribution is 2.31. The molecule has 0 saturated carbocycles. The normalized spacial score (nSPS) is 16.6. The van der Waals surface area contributed by atoms with Crippen LogP contribution in [0, 0.1) is 0 Å². The lowest BCUT2D eigenvalue weighted by Gasteiger charge is -2.00. The summed E-state index contributed by atoms with van der Waals surface area (Å²) in [6.07, 6.45) is 0. The van der Waals surface area contributed by atoms with Crippen molar-refractivity contribution in [2.45, 2.75) is 3.12 Å². The molecule has 0 aliphatic rings. The third-order valence-electron chi connectivity index (χ3n) is 0.182. The van der Waals surface area contributed by atoms with Crippen molar-refractivity contribution >= 4 is 55.5 Å². The maximum absolute atomic E-state index is 9.95. The van der Waals surface area contributed by atoms with Crippen molar-refractivity contribution in [2.24, 2.45) is 0 Å². The Morgan fingerprint density at radius 3 is 1.43 bits per heavy atom. The van der Waals surface area contributed by atoms with Crippen LogP contribution in [0.5, 0.6) is 0 Å². The third-order valence-corrected chi connectivity index (χ3v) is 3.21. The van der Waals surface area contributed by atoms with Crippen LogP contribution < -0.4 is 0 Å². The molecule has 6 heteroatoms. The Morgan fingerprint density at radius 1 is 1.29 bits per heavy atom. The fourth-order valence-electron chi connectivity index (χ4n) is 0. The summed E-state index contributed by atoms with van der Waals surface area (Å²) in [5.41, 5.74) is 0. The van der Waals surface area contributed by atoms with E-state index < -0.39 is 13.1 Å². The molecule has 0 saturated heterocycles. The molecule has 0 aliphatic carbocycles. The summed E-state index contributed by atoms with van der Waals surface area (Å²) in [5, 5.41) is 0. The Labute approximate surface area is 62.8 Å². The zero-order valence-electron chi connectivity index (χ0n) is 2.83. The monoisotopic (exact) mass is 200 g/mol. The van der Waals surface area contributed by atoms with Gasteiger partial charge in [-0.05, 0) is 10.7 Å². The highest BCUT2D eigenvalue weighted by atomic mass is 35.7. The predicted octanol–water partition coefficient (Wildman–Crippen LogP) is 2.22. The minimum Gasteiger partial charge on any atom is -0.238 e. The average Bonchev–Trinajstić information content (AvgIpc) is 1.31. The third kappa shape index (κ3) is 3.86. The number of hydrogen-bond donors (Lipinski definition) is 0. The van der Waals surface area contributed by atoms with Gasteiger partial charge in [-0.25, -0.2) is 4.21 Å². The van der Waals surface area contributed by atoms with Gasteiger partial charge >= 0.3 is 0 Å². The van der Waals surface area contributed by atoms with Crippen molar-refractivity contribution < 1.29 is 4.21 Å². The minimum atomic E-state index is -1.91. The highest BCUT2D eigenvalue weighted by Gasteiger charge is 2.26. The molecular formula is CCl4OS. The van der Waals surface area contributed by atoms with E-state index in [1.807, 2.05) is 0 Å². The molecule has 0 amide bonds. The standard InChI is InChI=1S/CCl4OS/c2-1(3,4)7(5)6. The summed E-state index contributed by atoms with van der Waals surface area (Å²) >= 11 is 14.9. The first kappa shape index (κ1) is 8.31. The smallest absolute Gasteiger partial charge is 0.238 e. The van der Waals surface area contributed by atoms with E-state index in [2.05, 4.69) is 0 Å². The fourth-order valence-corrected chi connectivity index (χ4v) is 0. The highest BCUT2D eigenvalue weighted by molar-refractivity contribution is 8.12. The maximum atomic E-state index is 9.95. The molecule has 1 nitrogen and oxygen atoms in total. The van der Waals surface area contributed by atoms with Gasteiger partial charge in [0.1, 0.15) is 0 Å². The topological polar surface area (TPSA) is 17.1 Å². The van der Waals surface area contributed by atoms with E-state index in [9.17, 15) is 4.21 Å². The maximum Gasteiger partial charge on any atom is 0.280 e. The molecular weight excluding hydrogens is 202 g/mol. The lowest BCUT2D eigenvalue weighted by atomic mass is 11.8. The molecule has 0 aromatic carbocycles. The second kappa shape index (κ2) is 2.74. The van der Waals surface area contributed by atoms with Gasteiger partial charge in [0.25, 0.3) is 3.12 Å². The van der Waals surface area contributed by atoms with Crippen LogP contribution in [0.1, 0.15) is 0 Å². The van der Waals surface area contributed by atoms with Crippen molar-refractivity contribution in [3.8, 4) is 0 Å². The number of rotatable bonds is 0. The lowest BCUT2D eigenvalue weighted by Crippen LogP contribution is -2.03. The van der Waals surface area contributed by atoms with Crippen molar-refractivity contribution in [1.29, 1.82) is 0 Å². The van der Waals surface area contributed by atoms with E-state index in [-0.39, 0.29) is 0 Å². The quantitative estimate of drug-likeness (QED) is 0.434. The molecule has 0 N–H and O–H groups in total. The lowest BCUT2D eigenvalue weighted by molar-refractivity contribution is 0.691. The van der Waals surface area contributed by atoms with Gasteiger partial charge in [-0.15, -0.1) is 0 Å². The summed E-state index contributed by atoms with van der Waals surface area (Å²) in [7, 11) is 2.92. The van der Waals surface area contributed by atoms with Crippen LogP contribution in [0.2, 0.25) is 0 Å². The molecule has 44 valence electrons. The van der Waals surface area contributed by atoms with E-state index in [4.69, 9.17) is 45.5 Å². The van der Waals surface area contributed by atoms with Gasteiger partial charge in [-0.2, -0.15) is 0 Å². The molecule has 1 unspecified atom stereocenters. The van der Waals surface area contributed by atoms with Gasteiger partial charge in [0.2, 0.25) is 0 Å². The summed E-state index contributed by atoms with van der Waals surface area (Å²) in [6.45, 7) is 0. The fraction of sp³-hybridized carbons (Fsp3) is 1.00. The Kier molecular flexibility index (Phi) is 3.25. The van der Waals surface area contributed by atoms with Gasteiger partial charge in [-0.1, -0.05) is 34.8 Å². The van der Waals surface area contributed by atoms with Gasteiger partial charge < -0.3 is 0 Å². The SMILES string of the molecule is O=S(Cl)C(Cl)(Cl)Cl. The summed E-state index contributed by atoms with van der Waals surface area (Å²) in [4.78, 5) is 0. The molecule has 0 radical (unpaired) electrons. The minimum absolute atomic E-state index is 1.85. The van der Waals surface area contributed by atoms with Gasteiger partial charge in [0.05, 0.1) is 0 Å². The molecule has 0 aliphatic heterocycles. The first-order valence-electron chi connectivity index (χ1n) is 1.09. The number of hydrogen-bond acceptors (Lipinski definition) is 1. The summed E-state index contributed by atoms with van der Waals surface area (Å²) < 4.78 is 8.10. The molecule has 0 rings (SSSR count). The second-order valence-electron chi connectivity index (χ2n) is 0.669. The Bertz CT molecular complexity index is 84.2. The summed E-state index contributed by atoms with van der Waals surface area (Å²) in [6, 6.07) is 0. The number of halogens is 4. The molecule has 0 fully saturated rings. The van der Waals surface area contributed by atoms with Crippen LogP contribution in [0.15, 0.2) is 0 Å². The molecule has 0 aromatic heterocycles. The Hall–Kier alpha value is 1.31. The first-order chi connectivity index (χ1) is 2.94.